The van der Waals surface area contributed by atoms with Crippen molar-refractivity contribution in [1.29, 1.82) is 0 Å². The highest BCUT2D eigenvalue weighted by Crippen LogP contribution is 2.41. The Kier molecular flexibility index (Phi) is 4.11. The molecule has 0 aliphatic carbocycles. The van der Waals surface area contributed by atoms with Gasteiger partial charge in [0.25, 0.3) is 0 Å². The summed E-state index contributed by atoms with van der Waals surface area (Å²) in [5.74, 6) is -2.31. The van der Waals surface area contributed by atoms with Crippen LogP contribution < -0.4 is 0 Å². The van der Waals surface area contributed by atoms with Crippen LogP contribution in [-0.4, -0.2) is 60.8 Å². The predicted molar refractivity (Wildman–Crippen MR) is 78.6 cm³/mol. The zero-order chi connectivity index (χ0) is 17.0. The summed E-state index contributed by atoms with van der Waals surface area (Å²) in [4.78, 5) is 11.4. The minimum absolute atomic E-state index is 0.295. The second-order valence-electron chi connectivity index (χ2n) is 7.63. The van der Waals surface area contributed by atoms with E-state index in [1.165, 1.54) is 0 Å². The summed E-state index contributed by atoms with van der Waals surface area (Å²) in [6.07, 6.45) is -1.69. The second-order valence-corrected chi connectivity index (χ2v) is 7.63. The fraction of sp³-hybridized carbons (Fsp3) is 0.938. The zero-order valence-corrected chi connectivity index (χ0v) is 14.5. The molecule has 0 aromatic carbocycles. The summed E-state index contributed by atoms with van der Waals surface area (Å²) in [6.45, 7) is 11.3. The Morgan fingerprint density at radius 3 is 1.87 bits per heavy atom. The Morgan fingerprint density at radius 2 is 1.30 bits per heavy atom. The van der Waals surface area contributed by atoms with E-state index in [9.17, 15) is 4.79 Å². The van der Waals surface area contributed by atoms with Crippen LogP contribution >= 0.6 is 0 Å². The maximum Gasteiger partial charge on any atom is 0.164 e. The van der Waals surface area contributed by atoms with Crippen LogP contribution in [-0.2, 0) is 33.2 Å². The van der Waals surface area contributed by atoms with E-state index in [1.807, 2.05) is 27.7 Å². The lowest BCUT2D eigenvalue weighted by Gasteiger charge is -2.27. The molecule has 5 atom stereocenters. The summed E-state index contributed by atoms with van der Waals surface area (Å²) in [7, 11) is 0. The van der Waals surface area contributed by atoms with Gasteiger partial charge in [0.15, 0.2) is 23.6 Å². The fourth-order valence-corrected chi connectivity index (χ4v) is 3.41. The largest absolute Gasteiger partial charge is 0.348 e. The van der Waals surface area contributed by atoms with Crippen LogP contribution in [0.25, 0.3) is 0 Å². The van der Waals surface area contributed by atoms with E-state index in [4.69, 9.17) is 28.4 Å². The van der Waals surface area contributed by atoms with Crippen LogP contribution in [0.4, 0.5) is 0 Å². The lowest BCUT2D eigenvalue weighted by atomic mass is 10.00. The van der Waals surface area contributed by atoms with Gasteiger partial charge in [0.2, 0.25) is 0 Å². The van der Waals surface area contributed by atoms with Gasteiger partial charge in [-0.25, -0.2) is 0 Å². The Hall–Kier alpha value is -0.570. The number of aldehydes is 1. The predicted octanol–water partition coefficient (Wildman–Crippen LogP) is 1.38. The molecule has 0 bridgehead atoms. The first kappa shape index (κ1) is 17.3. The maximum atomic E-state index is 11.4. The molecule has 3 rings (SSSR count). The molecular formula is C16H26O7. The van der Waals surface area contributed by atoms with E-state index in [2.05, 4.69) is 0 Å². The lowest BCUT2D eigenvalue weighted by molar-refractivity contribution is -0.178. The van der Waals surface area contributed by atoms with Gasteiger partial charge in [0, 0.05) is 0 Å². The molecule has 0 aromatic rings. The number of hydrogen-bond donors (Lipinski definition) is 0. The van der Waals surface area contributed by atoms with Crippen LogP contribution in [0, 0.1) is 0 Å². The molecule has 7 nitrogen and oxygen atoms in total. The molecule has 3 aliphatic rings. The van der Waals surface area contributed by atoms with Crippen LogP contribution in [0.5, 0.6) is 0 Å². The first-order valence-electron chi connectivity index (χ1n) is 8.00. The first-order valence-corrected chi connectivity index (χ1v) is 8.00. The topological polar surface area (TPSA) is 72.5 Å². The van der Waals surface area contributed by atoms with E-state index in [0.29, 0.717) is 6.61 Å². The van der Waals surface area contributed by atoms with Crippen LogP contribution in [0.1, 0.15) is 41.5 Å². The molecule has 3 heterocycles. The number of carbonyl (C=O) groups excluding carboxylic acids is 1. The fourth-order valence-electron chi connectivity index (χ4n) is 3.41. The Labute approximate surface area is 136 Å². The first-order chi connectivity index (χ1) is 10.5. The van der Waals surface area contributed by atoms with Gasteiger partial charge < -0.3 is 33.2 Å². The van der Waals surface area contributed by atoms with E-state index < -0.39 is 41.8 Å². The summed E-state index contributed by atoms with van der Waals surface area (Å²) >= 11 is 0. The van der Waals surface area contributed by atoms with Crippen molar-refractivity contribution in [2.24, 2.45) is 0 Å². The number of ether oxygens (including phenoxy) is 6. The molecule has 23 heavy (non-hydrogen) atoms. The monoisotopic (exact) mass is 330 g/mol. The van der Waals surface area contributed by atoms with Crippen molar-refractivity contribution in [1.82, 2.24) is 0 Å². The summed E-state index contributed by atoms with van der Waals surface area (Å²) < 4.78 is 35.2. The molecule has 0 amide bonds. The van der Waals surface area contributed by atoms with E-state index in [0.717, 1.165) is 6.29 Å². The van der Waals surface area contributed by atoms with Crippen molar-refractivity contribution in [3.05, 3.63) is 0 Å². The quantitative estimate of drug-likeness (QED) is 0.724. The zero-order valence-electron chi connectivity index (χ0n) is 14.5. The number of hydrogen-bond acceptors (Lipinski definition) is 7. The molecule has 0 spiro atoms. The summed E-state index contributed by atoms with van der Waals surface area (Å²) in [5, 5.41) is 0. The Morgan fingerprint density at radius 1 is 0.739 bits per heavy atom. The van der Waals surface area contributed by atoms with E-state index in [-0.39, 0.29) is 6.10 Å². The second kappa shape index (κ2) is 5.47. The third-order valence-electron chi connectivity index (χ3n) is 4.18. The van der Waals surface area contributed by atoms with Crippen molar-refractivity contribution in [2.45, 2.75) is 89.4 Å². The minimum Gasteiger partial charge on any atom is -0.348 e. The normalized spacial score (nSPS) is 44.5. The van der Waals surface area contributed by atoms with Crippen LogP contribution in [0.2, 0.25) is 0 Å². The van der Waals surface area contributed by atoms with Crippen molar-refractivity contribution in [3.8, 4) is 0 Å². The van der Waals surface area contributed by atoms with Crippen molar-refractivity contribution >= 4 is 6.29 Å². The van der Waals surface area contributed by atoms with Crippen molar-refractivity contribution in [2.75, 3.05) is 6.61 Å². The SMILES string of the molecule is CC1(C)O[C@H]([C@H]2OC(C)(C)O[C@H]2C=O)[C@@H]([C@H]2COC(C)(C)O2)O1. The van der Waals surface area contributed by atoms with Crippen LogP contribution in [0.3, 0.4) is 0 Å². The van der Waals surface area contributed by atoms with Gasteiger partial charge in [-0.15, -0.1) is 0 Å². The molecule has 3 aliphatic heterocycles. The van der Waals surface area contributed by atoms with Gasteiger partial charge in [0.05, 0.1) is 6.61 Å². The van der Waals surface area contributed by atoms with Gasteiger partial charge in [-0.05, 0) is 41.5 Å². The molecule has 132 valence electrons. The standard InChI is InChI=1S/C16H26O7/c1-14(2)18-8-10(20-14)12-13(23-16(5,6)22-12)11-9(7-17)19-15(3,4)21-11/h7,9-13H,8H2,1-6H3/t9-,10+,11-,12+,13+/m0/s1. The summed E-state index contributed by atoms with van der Waals surface area (Å²) in [5.41, 5.74) is 0. The van der Waals surface area contributed by atoms with Gasteiger partial charge >= 0.3 is 0 Å². The molecule has 0 radical (unpaired) electrons. The lowest BCUT2D eigenvalue weighted by Crippen LogP contribution is -2.48. The number of rotatable bonds is 3. The van der Waals surface area contributed by atoms with Crippen molar-refractivity contribution in [3.63, 3.8) is 0 Å². The minimum atomic E-state index is -0.844. The molecule has 0 unspecified atom stereocenters. The van der Waals surface area contributed by atoms with Crippen molar-refractivity contribution < 1.29 is 33.2 Å². The highest BCUT2D eigenvalue weighted by Gasteiger charge is 2.57. The molecule has 3 fully saturated rings. The van der Waals surface area contributed by atoms with Gasteiger partial charge in [-0.3, -0.25) is 0 Å². The molecule has 7 heteroatoms. The molecule has 0 saturated carbocycles. The van der Waals surface area contributed by atoms with Crippen LogP contribution in [0.15, 0.2) is 0 Å². The van der Waals surface area contributed by atoms with Gasteiger partial charge in [-0.2, -0.15) is 0 Å². The van der Waals surface area contributed by atoms with E-state index in [1.54, 1.807) is 13.8 Å². The Bertz CT molecular complexity index is 473. The average Bonchev–Trinajstić information content (AvgIpc) is 3.02. The highest BCUT2D eigenvalue weighted by atomic mass is 16.8. The van der Waals surface area contributed by atoms with Gasteiger partial charge in [0.1, 0.15) is 30.5 Å². The third-order valence-corrected chi connectivity index (χ3v) is 4.18. The highest BCUT2D eigenvalue weighted by molar-refractivity contribution is 5.58. The Balaban J connectivity index is 1.82. The molecular weight excluding hydrogens is 304 g/mol. The molecule has 0 aromatic heterocycles. The smallest absolute Gasteiger partial charge is 0.164 e. The van der Waals surface area contributed by atoms with Gasteiger partial charge in [-0.1, -0.05) is 0 Å². The number of carbonyl (C=O) groups is 1. The maximum absolute atomic E-state index is 11.4. The third kappa shape index (κ3) is 3.45. The van der Waals surface area contributed by atoms with E-state index >= 15 is 0 Å². The molecule has 3 saturated heterocycles. The molecule has 0 N–H and O–H groups in total. The average molecular weight is 330 g/mol. The summed E-state index contributed by atoms with van der Waals surface area (Å²) in [6, 6.07) is 0.